The number of hydrogen-bond donors (Lipinski definition) is 0. The summed E-state index contributed by atoms with van der Waals surface area (Å²) in [4.78, 5) is 2.52. The summed E-state index contributed by atoms with van der Waals surface area (Å²) in [5.41, 5.74) is 6.94. The zero-order chi connectivity index (χ0) is 16.9. The first-order valence-electron chi connectivity index (χ1n) is 8.87. The third kappa shape index (κ3) is 2.51. The van der Waals surface area contributed by atoms with E-state index in [-0.39, 0.29) is 5.41 Å². The van der Waals surface area contributed by atoms with E-state index >= 15 is 0 Å². The van der Waals surface area contributed by atoms with Crippen molar-refractivity contribution in [1.82, 2.24) is 0 Å². The van der Waals surface area contributed by atoms with Crippen LogP contribution in [0, 0.1) is 18.8 Å². The highest BCUT2D eigenvalue weighted by atomic mass is 15.2. The summed E-state index contributed by atoms with van der Waals surface area (Å²) in [7, 11) is 2.26. The van der Waals surface area contributed by atoms with Gasteiger partial charge in [-0.25, -0.2) is 0 Å². The normalized spacial score (nSPS) is 19.4. The summed E-state index contributed by atoms with van der Waals surface area (Å²) < 4.78 is 0. The molecule has 0 N–H and O–H groups in total. The molecule has 4 rings (SSSR count). The van der Waals surface area contributed by atoms with E-state index in [9.17, 15) is 0 Å². The van der Waals surface area contributed by atoms with Gasteiger partial charge in [0.05, 0.1) is 0 Å². The van der Waals surface area contributed by atoms with Crippen LogP contribution < -0.4 is 4.90 Å². The molecule has 24 heavy (non-hydrogen) atoms. The minimum absolute atomic E-state index is 0.222. The fraction of sp³-hybridized carbons (Fsp3) is 0.391. The van der Waals surface area contributed by atoms with Crippen LogP contribution in [0.4, 0.5) is 5.69 Å². The highest BCUT2D eigenvalue weighted by Crippen LogP contribution is 2.56. The van der Waals surface area contributed by atoms with Crippen LogP contribution in [0.5, 0.6) is 0 Å². The summed E-state index contributed by atoms with van der Waals surface area (Å²) >= 11 is 0. The lowest BCUT2D eigenvalue weighted by molar-refractivity contribution is 0.378. The van der Waals surface area contributed by atoms with Crippen molar-refractivity contribution in [3.63, 3.8) is 0 Å². The molecule has 0 aromatic heterocycles. The average Bonchev–Trinajstić information content (AvgIpc) is 3.32. The van der Waals surface area contributed by atoms with Crippen molar-refractivity contribution in [3.8, 4) is 11.8 Å². The van der Waals surface area contributed by atoms with Gasteiger partial charge >= 0.3 is 0 Å². The highest BCUT2D eigenvalue weighted by molar-refractivity contribution is 5.65. The summed E-state index contributed by atoms with van der Waals surface area (Å²) in [5, 5.41) is 0. The Labute approximate surface area is 145 Å². The van der Waals surface area contributed by atoms with Gasteiger partial charge in [-0.3, -0.25) is 0 Å². The average molecular weight is 315 g/mol. The molecule has 1 aliphatic carbocycles. The van der Waals surface area contributed by atoms with Crippen LogP contribution in [0.15, 0.2) is 42.5 Å². The summed E-state index contributed by atoms with van der Waals surface area (Å²) in [6.07, 6.45) is 3.92. The lowest BCUT2D eigenvalue weighted by Gasteiger charge is -2.45. The van der Waals surface area contributed by atoms with E-state index in [1.54, 1.807) is 0 Å². The van der Waals surface area contributed by atoms with Crippen molar-refractivity contribution < 1.29 is 0 Å². The van der Waals surface area contributed by atoms with Crippen molar-refractivity contribution in [3.05, 3.63) is 64.7 Å². The molecule has 2 aromatic carbocycles. The van der Waals surface area contributed by atoms with Crippen LogP contribution in [-0.4, -0.2) is 12.6 Å². The number of nitrogens with zero attached hydrogens (tertiary/aromatic N) is 1. The molecule has 1 heteroatoms. The topological polar surface area (TPSA) is 3.24 Å². The Morgan fingerprint density at radius 2 is 1.54 bits per heavy atom. The van der Waals surface area contributed by atoms with E-state index < -0.39 is 0 Å². The Morgan fingerprint density at radius 1 is 0.917 bits per heavy atom. The molecule has 1 saturated carbocycles. The van der Waals surface area contributed by atoms with Crippen molar-refractivity contribution >= 4 is 5.69 Å². The van der Waals surface area contributed by atoms with E-state index in [2.05, 4.69) is 87.0 Å². The molecule has 2 aromatic rings. The third-order valence-corrected chi connectivity index (χ3v) is 5.80. The summed E-state index contributed by atoms with van der Waals surface area (Å²) in [6, 6.07) is 15.2. The molecule has 2 aliphatic rings. The van der Waals surface area contributed by atoms with Crippen LogP contribution in [-0.2, 0) is 5.41 Å². The van der Waals surface area contributed by atoms with Gasteiger partial charge in [-0.15, -0.1) is 0 Å². The molecule has 0 amide bonds. The molecule has 0 atom stereocenters. The Bertz CT molecular complexity index is 842. The fourth-order valence-corrected chi connectivity index (χ4v) is 4.18. The SMILES string of the molecule is Cc1ccc(C#Cc2ccc3c(c2)C(C)(C)CC2(CC2)N3C)cc1. The smallest absolute Gasteiger partial charge is 0.0409 e. The molecule has 0 saturated heterocycles. The molecule has 0 bridgehead atoms. The second-order valence-electron chi connectivity index (χ2n) is 8.19. The monoisotopic (exact) mass is 315 g/mol. The zero-order valence-electron chi connectivity index (χ0n) is 15.1. The molecule has 0 radical (unpaired) electrons. The number of anilines is 1. The minimum Gasteiger partial charge on any atom is -0.369 e. The molecule has 1 heterocycles. The molecule has 0 unspecified atom stereocenters. The molecule has 1 aliphatic heterocycles. The predicted octanol–water partition coefficient (Wildman–Crippen LogP) is 5.04. The van der Waals surface area contributed by atoms with Crippen LogP contribution in [0.25, 0.3) is 0 Å². The first kappa shape index (κ1) is 15.3. The number of aryl methyl sites for hydroxylation is 1. The van der Waals surface area contributed by atoms with Crippen molar-refractivity contribution in [2.75, 3.05) is 11.9 Å². The van der Waals surface area contributed by atoms with Gasteiger partial charge in [0.2, 0.25) is 0 Å². The molecule has 1 nitrogen and oxygen atoms in total. The lowest BCUT2D eigenvalue weighted by atomic mass is 9.73. The van der Waals surface area contributed by atoms with Crippen molar-refractivity contribution in [2.24, 2.45) is 0 Å². The van der Waals surface area contributed by atoms with E-state index in [0.717, 1.165) is 11.1 Å². The van der Waals surface area contributed by atoms with E-state index in [4.69, 9.17) is 0 Å². The van der Waals surface area contributed by atoms with Crippen LogP contribution in [0.3, 0.4) is 0 Å². The van der Waals surface area contributed by atoms with Gasteiger partial charge in [-0.2, -0.15) is 0 Å². The number of benzene rings is 2. The zero-order valence-corrected chi connectivity index (χ0v) is 15.1. The minimum atomic E-state index is 0.222. The third-order valence-electron chi connectivity index (χ3n) is 5.80. The Kier molecular flexibility index (Phi) is 3.29. The van der Waals surface area contributed by atoms with Gasteiger partial charge in [0.1, 0.15) is 0 Å². The second-order valence-corrected chi connectivity index (χ2v) is 8.19. The largest absolute Gasteiger partial charge is 0.369 e. The summed E-state index contributed by atoms with van der Waals surface area (Å²) in [6.45, 7) is 6.87. The maximum absolute atomic E-state index is 3.35. The van der Waals surface area contributed by atoms with E-state index in [1.807, 2.05) is 0 Å². The second kappa shape index (κ2) is 5.15. The van der Waals surface area contributed by atoms with Crippen LogP contribution in [0.1, 0.15) is 55.4 Å². The van der Waals surface area contributed by atoms with Crippen molar-refractivity contribution in [2.45, 2.75) is 51.0 Å². The van der Waals surface area contributed by atoms with Gasteiger partial charge in [-0.1, -0.05) is 43.4 Å². The molecule has 1 spiro atoms. The van der Waals surface area contributed by atoms with Crippen LogP contribution in [0.2, 0.25) is 0 Å². The van der Waals surface area contributed by atoms with Gasteiger partial charge in [-0.05, 0) is 67.5 Å². The Hall–Kier alpha value is -2.20. The fourth-order valence-electron chi connectivity index (χ4n) is 4.18. The van der Waals surface area contributed by atoms with E-state index in [1.165, 1.54) is 36.1 Å². The Balaban J connectivity index is 1.70. The van der Waals surface area contributed by atoms with Gasteiger partial charge < -0.3 is 4.90 Å². The first-order chi connectivity index (χ1) is 11.4. The van der Waals surface area contributed by atoms with Crippen LogP contribution >= 0.6 is 0 Å². The standard InChI is InChI=1S/C23H25N/c1-17-5-7-18(8-6-17)9-10-19-11-12-21-20(15-19)22(2,3)16-23(13-14-23)24(21)4/h5-8,11-12,15H,13-14,16H2,1-4H3. The van der Waals surface area contributed by atoms with Crippen molar-refractivity contribution in [1.29, 1.82) is 0 Å². The lowest BCUT2D eigenvalue weighted by Crippen LogP contribution is -2.45. The molecular weight excluding hydrogens is 290 g/mol. The van der Waals surface area contributed by atoms with Gasteiger partial charge in [0, 0.05) is 29.4 Å². The Morgan fingerprint density at radius 3 is 2.21 bits per heavy atom. The van der Waals surface area contributed by atoms with Gasteiger partial charge in [0.15, 0.2) is 0 Å². The highest BCUT2D eigenvalue weighted by Gasteiger charge is 2.53. The molecular formula is C23H25N. The number of hydrogen-bond acceptors (Lipinski definition) is 1. The quantitative estimate of drug-likeness (QED) is 0.615. The van der Waals surface area contributed by atoms with E-state index in [0.29, 0.717) is 5.54 Å². The van der Waals surface area contributed by atoms with Gasteiger partial charge in [0.25, 0.3) is 0 Å². The maximum atomic E-state index is 3.35. The predicted molar refractivity (Wildman–Crippen MR) is 102 cm³/mol. The maximum Gasteiger partial charge on any atom is 0.0409 e. The number of fused-ring (bicyclic) bond motifs is 1. The summed E-state index contributed by atoms with van der Waals surface area (Å²) in [5.74, 6) is 6.65. The molecule has 122 valence electrons. The molecule has 1 fully saturated rings. The first-order valence-corrected chi connectivity index (χ1v) is 8.87. The number of rotatable bonds is 0.